The van der Waals surface area contributed by atoms with Gasteiger partial charge >= 0.3 is 0 Å². The lowest BCUT2D eigenvalue weighted by Crippen LogP contribution is -2.37. The molecule has 1 amide bonds. The molecule has 230 valence electrons. The minimum absolute atomic E-state index is 0.0611. The molecular weight excluding hydrogens is 560 g/mol. The van der Waals surface area contributed by atoms with E-state index < -0.39 is 5.92 Å². The molecule has 2 aliphatic rings. The molecule has 9 nitrogen and oxygen atoms in total. The summed E-state index contributed by atoms with van der Waals surface area (Å²) in [6.07, 6.45) is 0.820. The molecule has 2 atom stereocenters. The predicted octanol–water partition coefficient (Wildman–Crippen LogP) is 6.04. The summed E-state index contributed by atoms with van der Waals surface area (Å²) in [5, 5.41) is 6.52. The number of para-hydroxylation sites is 1. The molecule has 0 bridgehead atoms. The highest BCUT2D eigenvalue weighted by atomic mass is 16.5. The Kier molecular flexibility index (Phi) is 8.85. The number of carbonyl (C=O) groups excluding carboxylic acids is 2. The zero-order chi connectivity index (χ0) is 31.5. The number of anilines is 1. The number of ether oxygens (including phenoxy) is 5. The normalized spacial score (nSPS) is 17.8. The van der Waals surface area contributed by atoms with Crippen molar-refractivity contribution in [3.8, 4) is 28.7 Å². The Morgan fingerprint density at radius 2 is 1.48 bits per heavy atom. The number of nitrogens with one attached hydrogen (secondary N) is 2. The summed E-state index contributed by atoms with van der Waals surface area (Å²) in [5.41, 5.74) is 5.60. The lowest BCUT2D eigenvalue weighted by molar-refractivity contribution is -0.116. The van der Waals surface area contributed by atoms with Crippen LogP contribution in [-0.2, 0) is 9.59 Å². The van der Waals surface area contributed by atoms with Crippen molar-refractivity contribution in [2.75, 3.05) is 40.9 Å². The summed E-state index contributed by atoms with van der Waals surface area (Å²) in [4.78, 5) is 28.4. The highest BCUT2D eigenvalue weighted by Gasteiger charge is 2.43. The number of carbonyl (C=O) groups is 2. The summed E-state index contributed by atoms with van der Waals surface area (Å²) in [7, 11) is 7.80. The molecule has 1 heterocycles. The van der Waals surface area contributed by atoms with Crippen LogP contribution in [0, 0.1) is 6.92 Å². The molecule has 0 spiro atoms. The number of ketones is 1. The molecule has 0 radical (unpaired) electrons. The molecule has 0 aromatic heterocycles. The van der Waals surface area contributed by atoms with E-state index in [1.54, 1.807) is 27.4 Å². The van der Waals surface area contributed by atoms with Crippen molar-refractivity contribution in [1.29, 1.82) is 0 Å². The van der Waals surface area contributed by atoms with Crippen LogP contribution < -0.4 is 34.3 Å². The van der Waals surface area contributed by atoms with Gasteiger partial charge in [-0.05, 0) is 61.6 Å². The molecule has 0 saturated carbocycles. The van der Waals surface area contributed by atoms with E-state index in [1.165, 1.54) is 14.2 Å². The van der Waals surface area contributed by atoms with Crippen molar-refractivity contribution < 1.29 is 33.3 Å². The number of aryl methyl sites for hydroxylation is 1. The van der Waals surface area contributed by atoms with Gasteiger partial charge in [0.25, 0.3) is 5.91 Å². The molecule has 3 aromatic carbocycles. The highest BCUT2D eigenvalue weighted by Crippen LogP contribution is 2.51. The standard InChI is InChI=1S/C35H38N2O7/c1-19-10-8-9-11-24(19)37-35(39)30-20(2)36-25-16-22(21-12-14-27(40-3)29(18-21)42-5)17-26(38)32(25)31(30)23-13-15-28(41-4)34(44-7)33(23)43-6/h8-15,18,22,31,36H,16-17H2,1-7H3,(H,37,39)/t22-,31-/m0/s1. The van der Waals surface area contributed by atoms with E-state index in [1.807, 2.05) is 62.4 Å². The highest BCUT2D eigenvalue weighted by molar-refractivity contribution is 6.10. The third-order valence-electron chi connectivity index (χ3n) is 8.39. The fourth-order valence-corrected chi connectivity index (χ4v) is 6.25. The van der Waals surface area contributed by atoms with Gasteiger partial charge in [-0.3, -0.25) is 9.59 Å². The van der Waals surface area contributed by atoms with E-state index in [0.717, 1.165) is 16.8 Å². The number of Topliss-reactive ketones (excluding diaryl/α,β-unsaturated/α-hetero) is 1. The summed E-state index contributed by atoms with van der Waals surface area (Å²) >= 11 is 0. The van der Waals surface area contributed by atoms with Gasteiger partial charge in [0.15, 0.2) is 28.8 Å². The Balaban J connectivity index is 1.65. The van der Waals surface area contributed by atoms with Crippen LogP contribution in [0.2, 0.25) is 0 Å². The quantitative estimate of drug-likeness (QED) is 0.307. The van der Waals surface area contributed by atoms with E-state index in [2.05, 4.69) is 10.6 Å². The van der Waals surface area contributed by atoms with E-state index in [9.17, 15) is 9.59 Å². The molecule has 0 unspecified atom stereocenters. The van der Waals surface area contributed by atoms with Gasteiger partial charge in [0.05, 0.1) is 41.5 Å². The topological polar surface area (TPSA) is 104 Å². The monoisotopic (exact) mass is 598 g/mol. The maximum atomic E-state index is 14.2. The zero-order valence-corrected chi connectivity index (χ0v) is 26.1. The van der Waals surface area contributed by atoms with Gasteiger partial charge in [-0.2, -0.15) is 0 Å². The zero-order valence-electron chi connectivity index (χ0n) is 26.1. The molecule has 0 fully saturated rings. The maximum absolute atomic E-state index is 14.2. The first-order valence-corrected chi connectivity index (χ1v) is 14.4. The molecule has 44 heavy (non-hydrogen) atoms. The predicted molar refractivity (Wildman–Crippen MR) is 168 cm³/mol. The number of dihydropyridines is 1. The Morgan fingerprint density at radius 3 is 2.14 bits per heavy atom. The van der Waals surface area contributed by atoms with E-state index in [4.69, 9.17) is 23.7 Å². The van der Waals surface area contributed by atoms with E-state index >= 15 is 0 Å². The molecule has 9 heteroatoms. The Morgan fingerprint density at radius 1 is 0.795 bits per heavy atom. The van der Waals surface area contributed by atoms with Crippen LogP contribution in [0.15, 0.2) is 77.1 Å². The summed E-state index contributed by atoms with van der Waals surface area (Å²) in [6.45, 7) is 3.80. The molecule has 2 N–H and O–H groups in total. The molecular formula is C35H38N2O7. The summed E-state index contributed by atoms with van der Waals surface area (Å²) in [5.74, 6) is 1.30. The second kappa shape index (κ2) is 12.8. The van der Waals surface area contributed by atoms with Crippen molar-refractivity contribution in [2.24, 2.45) is 0 Å². The number of methoxy groups -OCH3 is 5. The van der Waals surface area contributed by atoms with Crippen LogP contribution in [0.1, 0.15) is 48.3 Å². The first kappa shape index (κ1) is 30.5. The van der Waals surface area contributed by atoms with Gasteiger partial charge in [-0.25, -0.2) is 0 Å². The largest absolute Gasteiger partial charge is 0.493 e. The van der Waals surface area contributed by atoms with Crippen LogP contribution >= 0.6 is 0 Å². The van der Waals surface area contributed by atoms with Crippen molar-refractivity contribution in [3.63, 3.8) is 0 Å². The van der Waals surface area contributed by atoms with E-state index in [0.29, 0.717) is 63.3 Å². The van der Waals surface area contributed by atoms with E-state index in [-0.39, 0.29) is 24.0 Å². The van der Waals surface area contributed by atoms with Gasteiger partial charge < -0.3 is 34.3 Å². The van der Waals surface area contributed by atoms with Gasteiger partial charge in [0.2, 0.25) is 5.75 Å². The molecule has 5 rings (SSSR count). The average molecular weight is 599 g/mol. The van der Waals surface area contributed by atoms with Crippen LogP contribution in [0.5, 0.6) is 28.7 Å². The third-order valence-corrected chi connectivity index (χ3v) is 8.39. The summed E-state index contributed by atoms with van der Waals surface area (Å²) < 4.78 is 28.0. The van der Waals surface area contributed by atoms with Crippen LogP contribution in [-0.4, -0.2) is 47.2 Å². The SMILES string of the molecule is COc1ccc([C@@H]2CC(=O)C3=C(C2)NC(C)=C(C(=O)Nc2ccccc2C)[C@@H]3c2ccc(OC)c(OC)c2OC)cc1OC. The van der Waals surface area contributed by atoms with Crippen LogP contribution in [0.4, 0.5) is 5.69 Å². The number of benzene rings is 3. The Bertz CT molecular complexity index is 1670. The number of hydrogen-bond acceptors (Lipinski definition) is 8. The van der Waals surface area contributed by atoms with Crippen LogP contribution in [0.25, 0.3) is 0 Å². The first-order valence-electron chi connectivity index (χ1n) is 14.4. The maximum Gasteiger partial charge on any atom is 0.254 e. The average Bonchev–Trinajstić information content (AvgIpc) is 3.03. The van der Waals surface area contributed by atoms with Crippen LogP contribution in [0.3, 0.4) is 0 Å². The number of rotatable bonds is 9. The second-order valence-corrected chi connectivity index (χ2v) is 10.8. The minimum Gasteiger partial charge on any atom is -0.493 e. The Labute approximate surface area is 257 Å². The second-order valence-electron chi connectivity index (χ2n) is 10.8. The van der Waals surface area contributed by atoms with Gasteiger partial charge in [0, 0.05) is 40.2 Å². The molecule has 1 aliphatic carbocycles. The van der Waals surface area contributed by atoms with Gasteiger partial charge in [-0.1, -0.05) is 30.3 Å². The fourth-order valence-electron chi connectivity index (χ4n) is 6.25. The Hall–Kier alpha value is -4.92. The number of allylic oxidation sites excluding steroid dienone is 3. The minimum atomic E-state index is -0.719. The first-order chi connectivity index (χ1) is 21.3. The van der Waals surface area contributed by atoms with Crippen molar-refractivity contribution in [3.05, 3.63) is 93.8 Å². The lowest BCUT2D eigenvalue weighted by atomic mass is 9.71. The molecule has 0 saturated heterocycles. The van der Waals surface area contributed by atoms with Gasteiger partial charge in [0.1, 0.15) is 0 Å². The van der Waals surface area contributed by atoms with Crippen molar-refractivity contribution in [2.45, 2.75) is 38.5 Å². The van der Waals surface area contributed by atoms with Gasteiger partial charge in [-0.15, -0.1) is 0 Å². The third kappa shape index (κ3) is 5.45. The number of amides is 1. The summed E-state index contributed by atoms with van der Waals surface area (Å²) in [6, 6.07) is 16.9. The number of hydrogen-bond donors (Lipinski definition) is 2. The fraction of sp³-hybridized carbons (Fsp3) is 0.314. The molecule has 1 aliphatic heterocycles. The van der Waals surface area contributed by atoms with Crippen molar-refractivity contribution in [1.82, 2.24) is 5.32 Å². The smallest absolute Gasteiger partial charge is 0.254 e. The lowest BCUT2D eigenvalue weighted by Gasteiger charge is -2.37. The molecule has 3 aromatic rings. The van der Waals surface area contributed by atoms with Crippen molar-refractivity contribution >= 4 is 17.4 Å².